The summed E-state index contributed by atoms with van der Waals surface area (Å²) in [5.41, 5.74) is 3.21. The van der Waals surface area contributed by atoms with E-state index < -0.39 is 0 Å². The molecule has 0 aromatic heterocycles. The van der Waals surface area contributed by atoms with Crippen LogP contribution < -0.4 is 14.2 Å². The van der Waals surface area contributed by atoms with Crippen LogP contribution in [0.4, 0.5) is 0 Å². The Hall–Kier alpha value is -3.18. The molecule has 1 aliphatic rings. The van der Waals surface area contributed by atoms with E-state index in [1.807, 2.05) is 47.4 Å². The molecule has 1 heterocycles. The fourth-order valence-corrected chi connectivity index (χ4v) is 4.17. The van der Waals surface area contributed by atoms with E-state index >= 15 is 0 Å². The molecule has 0 aliphatic carbocycles. The summed E-state index contributed by atoms with van der Waals surface area (Å²) in [5.74, 6) is 1.82. The van der Waals surface area contributed by atoms with E-state index in [1.165, 1.54) is 0 Å². The maximum absolute atomic E-state index is 13.2. The first-order valence-electron chi connectivity index (χ1n) is 10.1. The number of hydrogen-bond donors (Lipinski definition) is 0. The zero-order chi connectivity index (χ0) is 21.8. The Morgan fingerprint density at radius 3 is 2.45 bits per heavy atom. The molecular weight excluding hydrogens is 414 g/mol. The third kappa shape index (κ3) is 4.47. The van der Waals surface area contributed by atoms with Crippen molar-refractivity contribution in [2.75, 3.05) is 27.4 Å². The lowest BCUT2D eigenvalue weighted by Gasteiger charge is -2.38. The Labute approximate surface area is 187 Å². The van der Waals surface area contributed by atoms with Gasteiger partial charge in [0.05, 0.1) is 20.3 Å². The molecule has 1 amide bonds. The number of fused-ring (bicyclic) bond motifs is 1. The Balaban J connectivity index is 1.67. The fourth-order valence-electron chi connectivity index (χ4n) is 3.99. The third-order valence-electron chi connectivity index (χ3n) is 5.47. The lowest BCUT2D eigenvalue weighted by atomic mass is 9.87. The van der Waals surface area contributed by atoms with Gasteiger partial charge in [-0.3, -0.25) is 4.79 Å². The van der Waals surface area contributed by atoms with Gasteiger partial charge < -0.3 is 19.1 Å². The summed E-state index contributed by atoms with van der Waals surface area (Å²) < 4.78 is 16.7. The molecular formula is C25H24ClNO4. The summed E-state index contributed by atoms with van der Waals surface area (Å²) in [6.07, 6.45) is 0.724. The largest absolute Gasteiger partial charge is 0.493 e. The predicted molar refractivity (Wildman–Crippen MR) is 120 cm³/mol. The molecule has 31 heavy (non-hydrogen) atoms. The minimum absolute atomic E-state index is 0.0632. The first-order valence-corrected chi connectivity index (χ1v) is 10.5. The first-order chi connectivity index (χ1) is 15.1. The summed E-state index contributed by atoms with van der Waals surface area (Å²) in [6.45, 7) is 0.520. The highest BCUT2D eigenvalue weighted by Gasteiger charge is 2.33. The minimum Gasteiger partial charge on any atom is -0.493 e. The van der Waals surface area contributed by atoms with Crippen LogP contribution in [0.2, 0.25) is 5.02 Å². The van der Waals surface area contributed by atoms with Crippen LogP contribution in [-0.2, 0) is 11.2 Å². The normalized spacial score (nSPS) is 15.2. The number of carbonyl (C=O) groups excluding carboxylic acids is 1. The number of benzene rings is 3. The van der Waals surface area contributed by atoms with Gasteiger partial charge in [0.15, 0.2) is 18.1 Å². The molecule has 5 nitrogen and oxygen atoms in total. The van der Waals surface area contributed by atoms with E-state index in [0.717, 1.165) is 23.1 Å². The van der Waals surface area contributed by atoms with Crippen LogP contribution in [0, 0.1) is 0 Å². The number of rotatable bonds is 6. The molecule has 3 aromatic rings. The number of ether oxygens (including phenoxy) is 3. The van der Waals surface area contributed by atoms with Crippen LogP contribution in [-0.4, -0.2) is 38.2 Å². The maximum Gasteiger partial charge on any atom is 0.261 e. The van der Waals surface area contributed by atoms with Crippen molar-refractivity contribution in [2.45, 2.75) is 12.5 Å². The quantitative estimate of drug-likeness (QED) is 0.549. The number of hydrogen-bond acceptors (Lipinski definition) is 4. The van der Waals surface area contributed by atoms with Crippen molar-refractivity contribution in [3.8, 4) is 17.2 Å². The van der Waals surface area contributed by atoms with Gasteiger partial charge in [-0.05, 0) is 53.4 Å². The van der Waals surface area contributed by atoms with Crippen molar-refractivity contribution in [2.24, 2.45) is 0 Å². The number of amides is 1. The highest BCUT2D eigenvalue weighted by molar-refractivity contribution is 6.30. The monoisotopic (exact) mass is 437 g/mol. The second-order valence-corrected chi connectivity index (χ2v) is 7.74. The van der Waals surface area contributed by atoms with E-state index in [0.29, 0.717) is 28.8 Å². The van der Waals surface area contributed by atoms with Crippen LogP contribution >= 0.6 is 11.6 Å². The minimum atomic E-state index is -0.236. The van der Waals surface area contributed by atoms with Crippen LogP contribution in [0.15, 0.2) is 66.7 Å². The molecule has 0 N–H and O–H groups in total. The summed E-state index contributed by atoms with van der Waals surface area (Å²) in [5, 5.41) is 0.569. The van der Waals surface area contributed by atoms with Crippen molar-refractivity contribution in [3.05, 3.63) is 88.4 Å². The van der Waals surface area contributed by atoms with Crippen LogP contribution in [0.5, 0.6) is 17.2 Å². The second kappa shape index (κ2) is 9.31. The molecule has 1 unspecified atom stereocenters. The average Bonchev–Trinajstić information content (AvgIpc) is 2.81. The average molecular weight is 438 g/mol. The molecule has 0 saturated heterocycles. The first kappa shape index (κ1) is 21.1. The van der Waals surface area contributed by atoms with Crippen LogP contribution in [0.25, 0.3) is 0 Å². The SMILES string of the molecule is COc1cc2c(cc1OC)C(c1ccccc1)N(C(=O)COc1cccc(Cl)c1)CC2. The molecule has 160 valence electrons. The van der Waals surface area contributed by atoms with E-state index in [1.54, 1.807) is 38.5 Å². The lowest BCUT2D eigenvalue weighted by molar-refractivity contribution is -0.135. The number of halogens is 1. The predicted octanol–water partition coefficient (Wildman–Crippen LogP) is 4.91. The van der Waals surface area contributed by atoms with Gasteiger partial charge in [-0.1, -0.05) is 48.0 Å². The summed E-state index contributed by atoms with van der Waals surface area (Å²) in [6, 6.07) is 20.8. The zero-order valence-electron chi connectivity index (χ0n) is 17.5. The Morgan fingerprint density at radius 2 is 1.74 bits per heavy atom. The van der Waals surface area contributed by atoms with Crippen molar-refractivity contribution in [1.29, 1.82) is 0 Å². The Bertz CT molecular complexity index is 1070. The molecule has 6 heteroatoms. The Morgan fingerprint density at radius 1 is 1.00 bits per heavy atom. The van der Waals surface area contributed by atoms with Gasteiger partial charge in [0.1, 0.15) is 5.75 Å². The third-order valence-corrected chi connectivity index (χ3v) is 5.70. The van der Waals surface area contributed by atoms with Crippen molar-refractivity contribution >= 4 is 17.5 Å². The molecule has 0 fully saturated rings. The molecule has 1 atom stereocenters. The fraction of sp³-hybridized carbons (Fsp3) is 0.240. The highest BCUT2D eigenvalue weighted by atomic mass is 35.5. The maximum atomic E-state index is 13.2. The molecule has 0 saturated carbocycles. The number of methoxy groups -OCH3 is 2. The van der Waals surface area contributed by atoms with E-state index in [2.05, 4.69) is 0 Å². The number of carbonyl (C=O) groups is 1. The van der Waals surface area contributed by atoms with Gasteiger partial charge >= 0.3 is 0 Å². The van der Waals surface area contributed by atoms with Gasteiger partial charge in [0.2, 0.25) is 0 Å². The zero-order valence-corrected chi connectivity index (χ0v) is 18.3. The van der Waals surface area contributed by atoms with Gasteiger partial charge in [-0.25, -0.2) is 0 Å². The van der Waals surface area contributed by atoms with E-state index in [-0.39, 0.29) is 18.6 Å². The molecule has 3 aromatic carbocycles. The standard InChI is InChI=1S/C25H24ClNO4/c1-29-22-13-18-11-12-27(24(28)16-31-20-10-6-9-19(26)14-20)25(17-7-4-3-5-8-17)21(18)15-23(22)30-2/h3-10,13-15,25H,11-12,16H2,1-2H3. The van der Waals surface area contributed by atoms with Gasteiger partial charge in [0, 0.05) is 11.6 Å². The number of nitrogens with zero attached hydrogens (tertiary/aromatic N) is 1. The molecule has 4 rings (SSSR count). The smallest absolute Gasteiger partial charge is 0.261 e. The molecule has 1 aliphatic heterocycles. The van der Waals surface area contributed by atoms with Crippen LogP contribution in [0.1, 0.15) is 22.7 Å². The molecule has 0 bridgehead atoms. The van der Waals surface area contributed by atoms with Gasteiger partial charge in [0.25, 0.3) is 5.91 Å². The molecule has 0 radical (unpaired) electrons. The highest BCUT2D eigenvalue weighted by Crippen LogP contribution is 2.41. The van der Waals surface area contributed by atoms with Gasteiger partial charge in [-0.2, -0.15) is 0 Å². The summed E-state index contributed by atoms with van der Waals surface area (Å²) in [7, 11) is 3.25. The van der Waals surface area contributed by atoms with Crippen molar-refractivity contribution in [1.82, 2.24) is 4.90 Å². The summed E-state index contributed by atoms with van der Waals surface area (Å²) >= 11 is 6.02. The van der Waals surface area contributed by atoms with E-state index in [9.17, 15) is 4.79 Å². The van der Waals surface area contributed by atoms with Crippen molar-refractivity contribution in [3.63, 3.8) is 0 Å². The second-order valence-electron chi connectivity index (χ2n) is 7.30. The van der Waals surface area contributed by atoms with Gasteiger partial charge in [-0.15, -0.1) is 0 Å². The Kier molecular flexibility index (Phi) is 6.33. The van der Waals surface area contributed by atoms with E-state index in [4.69, 9.17) is 25.8 Å². The molecule has 0 spiro atoms. The summed E-state index contributed by atoms with van der Waals surface area (Å²) in [4.78, 5) is 15.1. The lowest BCUT2D eigenvalue weighted by Crippen LogP contribution is -2.43. The topological polar surface area (TPSA) is 48.0 Å². The van der Waals surface area contributed by atoms with Crippen molar-refractivity contribution < 1.29 is 19.0 Å². The van der Waals surface area contributed by atoms with Crippen LogP contribution in [0.3, 0.4) is 0 Å².